The molecule has 1 atom stereocenters. The number of nitrogens with one attached hydrogen (secondary N) is 2. The number of thiophene rings is 1. The Kier molecular flexibility index (Phi) is 8.89. The van der Waals surface area contributed by atoms with Crippen LogP contribution in [0.3, 0.4) is 0 Å². The molecule has 0 spiro atoms. The highest BCUT2D eigenvalue weighted by molar-refractivity contribution is 7.09. The summed E-state index contributed by atoms with van der Waals surface area (Å²) in [5, 5.41) is 7.87. The van der Waals surface area contributed by atoms with Gasteiger partial charge < -0.3 is 20.1 Å². The van der Waals surface area contributed by atoms with Crippen LogP contribution in [-0.2, 0) is 16.1 Å². The number of ether oxygens (including phenoxy) is 2. The van der Waals surface area contributed by atoms with Crippen LogP contribution < -0.4 is 15.4 Å². The molecular weight excluding hydrogens is 462 g/mol. The van der Waals surface area contributed by atoms with Gasteiger partial charge in [-0.1, -0.05) is 18.2 Å². The number of carbonyl (C=O) groups excluding carboxylic acids is 2. The summed E-state index contributed by atoms with van der Waals surface area (Å²) in [4.78, 5) is 28.8. The standard InChI is InChI=1S/C27H31N3O4S/c1-33-25-9-3-2-8-24(25)29-27(32)20-10-12-21(13-11-20)28-26(31)14-15-30(18-22-6-4-16-34-22)19-23-7-5-17-35-23/h2-3,5,7-13,17,22H,4,6,14-16,18-19H2,1H3,(H,28,31)(H,29,32). The highest BCUT2D eigenvalue weighted by Crippen LogP contribution is 2.24. The first-order chi connectivity index (χ1) is 17.1. The Bertz CT molecular complexity index is 1100. The fraction of sp³-hybridized carbons (Fsp3) is 0.333. The molecule has 2 amide bonds. The molecule has 0 aliphatic carbocycles. The third kappa shape index (κ3) is 7.39. The molecule has 2 heterocycles. The summed E-state index contributed by atoms with van der Waals surface area (Å²) in [5.41, 5.74) is 1.76. The van der Waals surface area contributed by atoms with Gasteiger partial charge in [-0.25, -0.2) is 0 Å². The predicted molar refractivity (Wildman–Crippen MR) is 139 cm³/mol. The summed E-state index contributed by atoms with van der Waals surface area (Å²) < 4.78 is 11.1. The maximum Gasteiger partial charge on any atom is 0.255 e. The number of rotatable bonds is 11. The van der Waals surface area contributed by atoms with Gasteiger partial charge in [0.05, 0.1) is 18.9 Å². The number of para-hydroxylation sites is 2. The number of methoxy groups -OCH3 is 1. The van der Waals surface area contributed by atoms with E-state index in [9.17, 15) is 9.59 Å². The average molecular weight is 494 g/mol. The Morgan fingerprint density at radius 1 is 1.09 bits per heavy atom. The van der Waals surface area contributed by atoms with Crippen LogP contribution in [0.4, 0.5) is 11.4 Å². The Labute approximate surface area is 210 Å². The van der Waals surface area contributed by atoms with Gasteiger partial charge in [-0.15, -0.1) is 11.3 Å². The molecule has 1 saturated heterocycles. The van der Waals surface area contributed by atoms with E-state index in [1.54, 1.807) is 54.8 Å². The molecule has 35 heavy (non-hydrogen) atoms. The lowest BCUT2D eigenvalue weighted by molar-refractivity contribution is -0.116. The Morgan fingerprint density at radius 3 is 2.63 bits per heavy atom. The molecule has 7 nitrogen and oxygen atoms in total. The lowest BCUT2D eigenvalue weighted by Gasteiger charge is -2.24. The summed E-state index contributed by atoms with van der Waals surface area (Å²) in [6.07, 6.45) is 2.80. The molecule has 8 heteroatoms. The molecule has 1 aliphatic heterocycles. The number of hydrogen-bond donors (Lipinski definition) is 2. The molecule has 184 valence electrons. The molecule has 0 bridgehead atoms. The van der Waals surface area contributed by atoms with Crippen molar-refractivity contribution in [3.63, 3.8) is 0 Å². The van der Waals surface area contributed by atoms with E-state index in [4.69, 9.17) is 9.47 Å². The minimum atomic E-state index is -0.245. The summed E-state index contributed by atoms with van der Waals surface area (Å²) in [5.74, 6) is 0.294. The van der Waals surface area contributed by atoms with Crippen molar-refractivity contribution in [3.05, 3.63) is 76.5 Å². The zero-order valence-electron chi connectivity index (χ0n) is 19.9. The third-order valence-electron chi connectivity index (χ3n) is 5.89. The molecule has 2 aromatic carbocycles. The highest BCUT2D eigenvalue weighted by atomic mass is 32.1. The van der Waals surface area contributed by atoms with Crippen molar-refractivity contribution in [2.24, 2.45) is 0 Å². The largest absolute Gasteiger partial charge is 0.495 e. The molecule has 4 rings (SSSR count). The van der Waals surface area contributed by atoms with Crippen molar-refractivity contribution in [3.8, 4) is 5.75 Å². The second-order valence-electron chi connectivity index (χ2n) is 8.48. The molecule has 1 fully saturated rings. The van der Waals surface area contributed by atoms with E-state index in [1.807, 2.05) is 12.1 Å². The maximum atomic E-state index is 12.6. The number of benzene rings is 2. The average Bonchev–Trinajstić information content (AvgIpc) is 3.58. The summed E-state index contributed by atoms with van der Waals surface area (Å²) in [6.45, 7) is 3.13. The van der Waals surface area contributed by atoms with Gasteiger partial charge in [-0.05, 0) is 60.7 Å². The van der Waals surface area contributed by atoms with Crippen molar-refractivity contribution in [1.29, 1.82) is 0 Å². The van der Waals surface area contributed by atoms with Crippen molar-refractivity contribution in [2.45, 2.75) is 31.9 Å². The van der Waals surface area contributed by atoms with E-state index < -0.39 is 0 Å². The monoisotopic (exact) mass is 493 g/mol. The van der Waals surface area contributed by atoms with Gasteiger partial charge >= 0.3 is 0 Å². The maximum absolute atomic E-state index is 12.6. The number of nitrogens with zero attached hydrogens (tertiary/aromatic N) is 1. The number of amides is 2. The summed E-state index contributed by atoms with van der Waals surface area (Å²) >= 11 is 1.73. The Morgan fingerprint density at radius 2 is 1.91 bits per heavy atom. The van der Waals surface area contributed by atoms with Crippen molar-refractivity contribution in [2.75, 3.05) is 37.4 Å². The quantitative estimate of drug-likeness (QED) is 0.392. The zero-order chi connectivity index (χ0) is 24.5. The normalized spacial score (nSPS) is 15.2. The third-order valence-corrected chi connectivity index (χ3v) is 6.75. The summed E-state index contributed by atoms with van der Waals surface area (Å²) in [7, 11) is 1.56. The topological polar surface area (TPSA) is 79.9 Å². The summed E-state index contributed by atoms with van der Waals surface area (Å²) in [6, 6.07) is 18.3. The van der Waals surface area contributed by atoms with Gasteiger partial charge in [0.15, 0.2) is 0 Å². The van der Waals surface area contributed by atoms with Gasteiger partial charge in [0.1, 0.15) is 5.75 Å². The highest BCUT2D eigenvalue weighted by Gasteiger charge is 2.20. The van der Waals surface area contributed by atoms with Crippen LogP contribution in [0, 0.1) is 0 Å². The lowest BCUT2D eigenvalue weighted by atomic mass is 10.1. The van der Waals surface area contributed by atoms with E-state index in [0.717, 1.165) is 32.5 Å². The van der Waals surface area contributed by atoms with E-state index in [0.29, 0.717) is 35.7 Å². The molecule has 0 radical (unpaired) electrons. The van der Waals surface area contributed by atoms with Crippen LogP contribution in [0.15, 0.2) is 66.0 Å². The van der Waals surface area contributed by atoms with Gasteiger partial charge in [0.25, 0.3) is 5.91 Å². The van der Waals surface area contributed by atoms with Crippen molar-refractivity contribution in [1.82, 2.24) is 4.90 Å². The first-order valence-corrected chi connectivity index (χ1v) is 12.7. The number of carbonyl (C=O) groups is 2. The molecule has 3 aromatic rings. The second kappa shape index (κ2) is 12.5. The fourth-order valence-corrected chi connectivity index (χ4v) is 4.81. The van der Waals surface area contributed by atoms with E-state index in [1.165, 1.54) is 4.88 Å². The van der Waals surface area contributed by atoms with Crippen LogP contribution in [0.25, 0.3) is 0 Å². The van der Waals surface area contributed by atoms with E-state index in [2.05, 4.69) is 33.0 Å². The van der Waals surface area contributed by atoms with Crippen LogP contribution in [0.2, 0.25) is 0 Å². The molecule has 1 aromatic heterocycles. The molecule has 1 aliphatic rings. The van der Waals surface area contributed by atoms with Gasteiger partial charge in [-0.3, -0.25) is 14.5 Å². The van der Waals surface area contributed by atoms with E-state index >= 15 is 0 Å². The first kappa shape index (κ1) is 24.9. The Balaban J connectivity index is 1.28. The van der Waals surface area contributed by atoms with Crippen LogP contribution >= 0.6 is 11.3 Å². The van der Waals surface area contributed by atoms with Gasteiger partial charge in [-0.2, -0.15) is 0 Å². The first-order valence-electron chi connectivity index (χ1n) is 11.8. The molecule has 2 N–H and O–H groups in total. The SMILES string of the molecule is COc1ccccc1NC(=O)c1ccc(NC(=O)CCN(Cc2cccs2)CC2CCCO2)cc1. The minimum absolute atomic E-state index is 0.0558. The van der Waals surface area contributed by atoms with Crippen LogP contribution in [0.5, 0.6) is 5.75 Å². The van der Waals surface area contributed by atoms with Gasteiger partial charge in [0.2, 0.25) is 5.91 Å². The molecule has 0 saturated carbocycles. The molecular formula is C27H31N3O4S. The number of anilines is 2. The van der Waals surface area contributed by atoms with Crippen LogP contribution in [0.1, 0.15) is 34.5 Å². The fourth-order valence-electron chi connectivity index (χ4n) is 4.06. The smallest absolute Gasteiger partial charge is 0.255 e. The Hall–Kier alpha value is -3.20. The lowest BCUT2D eigenvalue weighted by Crippen LogP contribution is -2.34. The predicted octanol–water partition coefficient (Wildman–Crippen LogP) is 5.02. The zero-order valence-corrected chi connectivity index (χ0v) is 20.7. The van der Waals surface area contributed by atoms with Crippen molar-refractivity contribution >= 4 is 34.5 Å². The van der Waals surface area contributed by atoms with Crippen molar-refractivity contribution < 1.29 is 19.1 Å². The van der Waals surface area contributed by atoms with Gasteiger partial charge in [0, 0.05) is 48.8 Å². The van der Waals surface area contributed by atoms with E-state index in [-0.39, 0.29) is 17.9 Å². The molecule has 1 unspecified atom stereocenters. The minimum Gasteiger partial charge on any atom is -0.495 e. The van der Waals surface area contributed by atoms with Crippen LogP contribution in [-0.4, -0.2) is 49.6 Å². The second-order valence-corrected chi connectivity index (χ2v) is 9.51. The number of hydrogen-bond acceptors (Lipinski definition) is 6.